The Labute approximate surface area is 169 Å². The molecule has 0 aliphatic carbocycles. The lowest BCUT2D eigenvalue weighted by atomic mass is 10.2. The fraction of sp³-hybridized carbons (Fsp3) is 0.714. The maximum absolute atomic E-state index is 5.63. The van der Waals surface area contributed by atoms with E-state index in [-0.39, 0.29) is 0 Å². The molecule has 0 unspecified atom stereocenters. The molecule has 156 valence electrons. The first-order valence-corrected chi connectivity index (χ1v) is 10.5. The van der Waals surface area contributed by atoms with Crippen LogP contribution in [0.15, 0.2) is 30.3 Å². The lowest BCUT2D eigenvalue weighted by Gasteiger charge is -2.08. The highest BCUT2D eigenvalue weighted by molar-refractivity contribution is 6.17. The number of hydrogen-bond donors (Lipinski definition) is 0. The molecule has 0 amide bonds. The standard InChI is InChI=1S/C21H35ClO5/c22-10-6-1-2-7-11-23-12-13-24-14-15-25-16-17-26-18-19-27-20-21-8-4-3-5-9-21/h3-5,8-9H,1-2,6-7,10-20H2. The lowest BCUT2D eigenvalue weighted by molar-refractivity contribution is -0.0126. The minimum atomic E-state index is 0.570. The van der Waals surface area contributed by atoms with Crippen LogP contribution in [0.5, 0.6) is 0 Å². The van der Waals surface area contributed by atoms with Crippen LogP contribution in [0.3, 0.4) is 0 Å². The van der Waals surface area contributed by atoms with Gasteiger partial charge in [0.2, 0.25) is 0 Å². The number of alkyl halides is 1. The van der Waals surface area contributed by atoms with Gasteiger partial charge < -0.3 is 23.7 Å². The highest BCUT2D eigenvalue weighted by atomic mass is 35.5. The van der Waals surface area contributed by atoms with E-state index < -0.39 is 0 Å². The second kappa shape index (κ2) is 20.1. The van der Waals surface area contributed by atoms with Gasteiger partial charge in [0.25, 0.3) is 0 Å². The summed E-state index contributed by atoms with van der Waals surface area (Å²) in [5.74, 6) is 0.756. The summed E-state index contributed by atoms with van der Waals surface area (Å²) in [6.07, 6.45) is 4.56. The summed E-state index contributed by atoms with van der Waals surface area (Å²) in [5.41, 5.74) is 1.17. The van der Waals surface area contributed by atoms with Crippen molar-refractivity contribution in [3.63, 3.8) is 0 Å². The Morgan fingerprint density at radius 1 is 0.519 bits per heavy atom. The van der Waals surface area contributed by atoms with Gasteiger partial charge in [-0.25, -0.2) is 0 Å². The summed E-state index contributed by atoms with van der Waals surface area (Å²) in [7, 11) is 0. The summed E-state index contributed by atoms with van der Waals surface area (Å²) in [6, 6.07) is 10.1. The monoisotopic (exact) mass is 402 g/mol. The highest BCUT2D eigenvalue weighted by Gasteiger charge is 1.95. The van der Waals surface area contributed by atoms with E-state index in [9.17, 15) is 0 Å². The van der Waals surface area contributed by atoms with Gasteiger partial charge in [-0.05, 0) is 18.4 Å². The summed E-state index contributed by atoms with van der Waals surface area (Å²) < 4.78 is 27.4. The van der Waals surface area contributed by atoms with Gasteiger partial charge in [0, 0.05) is 12.5 Å². The Morgan fingerprint density at radius 3 is 1.56 bits per heavy atom. The molecular weight excluding hydrogens is 368 g/mol. The van der Waals surface area contributed by atoms with Gasteiger partial charge in [0.15, 0.2) is 0 Å². The number of hydrogen-bond acceptors (Lipinski definition) is 5. The van der Waals surface area contributed by atoms with Gasteiger partial charge in [-0.3, -0.25) is 0 Å². The zero-order valence-corrected chi connectivity index (χ0v) is 17.2. The third-order valence-electron chi connectivity index (χ3n) is 3.77. The SMILES string of the molecule is ClCCCCCCOCCOCCOCCOCCOCc1ccccc1. The molecule has 6 heteroatoms. The van der Waals surface area contributed by atoms with Crippen molar-refractivity contribution in [2.24, 2.45) is 0 Å². The first-order chi connectivity index (χ1) is 13.4. The van der Waals surface area contributed by atoms with Crippen molar-refractivity contribution < 1.29 is 23.7 Å². The molecule has 27 heavy (non-hydrogen) atoms. The van der Waals surface area contributed by atoms with Gasteiger partial charge >= 0.3 is 0 Å². The molecule has 0 aromatic heterocycles. The van der Waals surface area contributed by atoms with Gasteiger partial charge in [0.1, 0.15) is 0 Å². The van der Waals surface area contributed by atoms with Crippen LogP contribution in [0, 0.1) is 0 Å². The largest absolute Gasteiger partial charge is 0.379 e. The zero-order valence-electron chi connectivity index (χ0n) is 16.4. The van der Waals surface area contributed by atoms with E-state index in [0.717, 1.165) is 25.3 Å². The molecule has 0 spiro atoms. The minimum Gasteiger partial charge on any atom is -0.379 e. The summed E-state index contributed by atoms with van der Waals surface area (Å²) in [5, 5.41) is 0. The normalized spacial score (nSPS) is 11.1. The van der Waals surface area contributed by atoms with Crippen LogP contribution in [0.4, 0.5) is 0 Å². The molecule has 0 fully saturated rings. The van der Waals surface area contributed by atoms with E-state index in [1.54, 1.807) is 0 Å². The Hall–Kier alpha value is -0.690. The number of rotatable bonds is 20. The Balaban J connectivity index is 1.67. The number of ether oxygens (including phenoxy) is 5. The average Bonchev–Trinajstić information content (AvgIpc) is 2.70. The van der Waals surface area contributed by atoms with Gasteiger partial charge in [-0.2, -0.15) is 0 Å². The molecule has 5 nitrogen and oxygen atoms in total. The molecule has 0 heterocycles. The number of benzene rings is 1. The predicted molar refractivity (Wildman–Crippen MR) is 109 cm³/mol. The fourth-order valence-electron chi connectivity index (χ4n) is 2.30. The second-order valence-corrected chi connectivity index (χ2v) is 6.47. The summed E-state index contributed by atoms with van der Waals surface area (Å²) in [6.45, 7) is 6.14. The molecule has 1 rings (SSSR count). The van der Waals surface area contributed by atoms with E-state index in [0.29, 0.717) is 59.5 Å². The van der Waals surface area contributed by atoms with Gasteiger partial charge in [-0.1, -0.05) is 43.2 Å². The minimum absolute atomic E-state index is 0.570. The van der Waals surface area contributed by atoms with Crippen LogP contribution in [-0.2, 0) is 30.3 Å². The molecular formula is C21H35ClO5. The smallest absolute Gasteiger partial charge is 0.0718 e. The number of unbranched alkanes of at least 4 members (excludes halogenated alkanes) is 3. The molecule has 0 bridgehead atoms. The third kappa shape index (κ3) is 17.2. The van der Waals surface area contributed by atoms with Crippen molar-refractivity contribution in [1.82, 2.24) is 0 Å². The Bertz CT molecular complexity index is 405. The molecule has 0 saturated heterocycles. The first-order valence-electron chi connectivity index (χ1n) is 9.92. The van der Waals surface area contributed by atoms with Crippen molar-refractivity contribution in [1.29, 1.82) is 0 Å². The van der Waals surface area contributed by atoms with Crippen molar-refractivity contribution in [2.45, 2.75) is 32.3 Å². The molecule has 1 aromatic rings. The maximum Gasteiger partial charge on any atom is 0.0718 e. The second-order valence-electron chi connectivity index (χ2n) is 6.09. The molecule has 0 aliphatic rings. The van der Waals surface area contributed by atoms with Crippen LogP contribution >= 0.6 is 11.6 Å². The average molecular weight is 403 g/mol. The van der Waals surface area contributed by atoms with Crippen LogP contribution in [0.2, 0.25) is 0 Å². The molecule has 0 aliphatic heterocycles. The van der Waals surface area contributed by atoms with Crippen LogP contribution in [0.25, 0.3) is 0 Å². The number of halogens is 1. The topological polar surface area (TPSA) is 46.2 Å². The molecule has 0 N–H and O–H groups in total. The van der Waals surface area contributed by atoms with E-state index in [1.165, 1.54) is 18.4 Å². The van der Waals surface area contributed by atoms with E-state index >= 15 is 0 Å². The predicted octanol–water partition coefficient (Wildman–Crippen LogP) is 4.07. The van der Waals surface area contributed by atoms with Gasteiger partial charge in [-0.15, -0.1) is 11.6 Å². The fourth-order valence-corrected chi connectivity index (χ4v) is 2.49. The van der Waals surface area contributed by atoms with Crippen molar-refractivity contribution in [3.8, 4) is 0 Å². The maximum atomic E-state index is 5.63. The Morgan fingerprint density at radius 2 is 1.00 bits per heavy atom. The van der Waals surface area contributed by atoms with Crippen molar-refractivity contribution in [3.05, 3.63) is 35.9 Å². The highest BCUT2D eigenvalue weighted by Crippen LogP contribution is 2.01. The van der Waals surface area contributed by atoms with E-state index in [2.05, 4.69) is 0 Å². The van der Waals surface area contributed by atoms with Gasteiger partial charge in [0.05, 0.1) is 59.5 Å². The zero-order chi connectivity index (χ0) is 19.3. The quantitative estimate of drug-likeness (QED) is 0.243. The van der Waals surface area contributed by atoms with Crippen molar-refractivity contribution >= 4 is 11.6 Å². The molecule has 0 radical (unpaired) electrons. The Kier molecular flexibility index (Phi) is 18.1. The molecule has 1 aromatic carbocycles. The first kappa shape index (κ1) is 24.3. The molecule has 0 atom stereocenters. The third-order valence-corrected chi connectivity index (χ3v) is 4.04. The van der Waals surface area contributed by atoms with E-state index in [1.807, 2.05) is 30.3 Å². The van der Waals surface area contributed by atoms with Crippen LogP contribution in [-0.4, -0.2) is 65.3 Å². The van der Waals surface area contributed by atoms with Crippen LogP contribution < -0.4 is 0 Å². The molecule has 0 saturated carbocycles. The lowest BCUT2D eigenvalue weighted by Crippen LogP contribution is -2.13. The van der Waals surface area contributed by atoms with Crippen LogP contribution in [0.1, 0.15) is 31.2 Å². The van der Waals surface area contributed by atoms with E-state index in [4.69, 9.17) is 35.3 Å². The summed E-state index contributed by atoms with van der Waals surface area (Å²) in [4.78, 5) is 0. The van der Waals surface area contributed by atoms with Crippen molar-refractivity contribution in [2.75, 3.05) is 65.3 Å². The summed E-state index contributed by atoms with van der Waals surface area (Å²) >= 11 is 5.63.